The summed E-state index contributed by atoms with van der Waals surface area (Å²) in [5, 5.41) is 12.1. The Hall–Kier alpha value is -3.75. The van der Waals surface area contributed by atoms with E-state index in [-0.39, 0.29) is 22.0 Å². The lowest BCUT2D eigenvalue weighted by Crippen LogP contribution is -2.54. The number of carbonyl (C=O) groups is 3. The molecule has 1 saturated heterocycles. The van der Waals surface area contributed by atoms with Crippen LogP contribution in [-0.2, 0) is 9.59 Å². The van der Waals surface area contributed by atoms with Crippen molar-refractivity contribution in [2.75, 3.05) is 4.90 Å². The molecule has 2 amide bonds. The van der Waals surface area contributed by atoms with Crippen LogP contribution < -0.4 is 10.2 Å². The van der Waals surface area contributed by atoms with Crippen molar-refractivity contribution in [3.8, 4) is 11.3 Å². The minimum atomic E-state index is -1.06. The van der Waals surface area contributed by atoms with E-state index in [4.69, 9.17) is 33.3 Å². The molecular formula is C22H13ClN2O5S. The zero-order valence-corrected chi connectivity index (χ0v) is 17.2. The zero-order valence-electron chi connectivity index (χ0n) is 15.7. The normalized spacial score (nSPS) is 15.3. The summed E-state index contributed by atoms with van der Waals surface area (Å²) in [6.07, 6.45) is 1.31. The highest BCUT2D eigenvalue weighted by Crippen LogP contribution is 2.27. The van der Waals surface area contributed by atoms with Crippen LogP contribution in [0, 0.1) is 0 Å². The van der Waals surface area contributed by atoms with Gasteiger partial charge in [0.15, 0.2) is 5.11 Å². The highest BCUT2D eigenvalue weighted by Gasteiger charge is 2.34. The lowest BCUT2D eigenvalue weighted by Gasteiger charge is -2.28. The Bertz CT molecular complexity index is 1260. The SMILES string of the molecule is O=C1NC(=S)N(c2ccc(Cl)cc2)C(=O)/C1=C\c1ccc(-c2cccc(C(=O)O)c2)o1. The molecule has 9 heteroatoms. The number of furan rings is 1. The van der Waals surface area contributed by atoms with Crippen LogP contribution in [0.15, 0.2) is 70.7 Å². The Morgan fingerprint density at radius 1 is 1.10 bits per heavy atom. The predicted octanol–water partition coefficient (Wildman–Crippen LogP) is 4.13. The van der Waals surface area contributed by atoms with E-state index in [0.717, 1.165) is 0 Å². The minimum absolute atomic E-state index is 0.0416. The van der Waals surface area contributed by atoms with Crippen molar-refractivity contribution in [3.63, 3.8) is 0 Å². The zero-order chi connectivity index (χ0) is 22.1. The average molecular weight is 453 g/mol. The summed E-state index contributed by atoms with van der Waals surface area (Å²) in [7, 11) is 0. The number of carbonyl (C=O) groups excluding carboxylic acids is 2. The Morgan fingerprint density at radius 2 is 1.84 bits per heavy atom. The van der Waals surface area contributed by atoms with E-state index in [0.29, 0.717) is 22.0 Å². The van der Waals surface area contributed by atoms with Gasteiger partial charge in [0.05, 0.1) is 11.3 Å². The Balaban J connectivity index is 1.66. The van der Waals surface area contributed by atoms with Gasteiger partial charge in [0.1, 0.15) is 17.1 Å². The molecule has 1 aromatic heterocycles. The van der Waals surface area contributed by atoms with E-state index in [9.17, 15) is 14.4 Å². The third-order valence-corrected chi connectivity index (χ3v) is 5.03. The minimum Gasteiger partial charge on any atom is -0.478 e. The van der Waals surface area contributed by atoms with Gasteiger partial charge in [0.2, 0.25) is 0 Å². The smallest absolute Gasteiger partial charge is 0.335 e. The molecule has 0 aliphatic carbocycles. The molecule has 2 heterocycles. The summed E-state index contributed by atoms with van der Waals surface area (Å²) in [6.45, 7) is 0. The van der Waals surface area contributed by atoms with Crippen molar-refractivity contribution in [1.82, 2.24) is 5.32 Å². The van der Waals surface area contributed by atoms with Crippen LogP contribution in [0.2, 0.25) is 5.02 Å². The summed E-state index contributed by atoms with van der Waals surface area (Å²) < 4.78 is 5.72. The lowest BCUT2D eigenvalue weighted by atomic mass is 10.1. The number of amides is 2. The van der Waals surface area contributed by atoms with Gasteiger partial charge in [-0.1, -0.05) is 23.7 Å². The maximum Gasteiger partial charge on any atom is 0.335 e. The maximum atomic E-state index is 13.0. The number of hydrogen-bond donors (Lipinski definition) is 2. The predicted molar refractivity (Wildman–Crippen MR) is 119 cm³/mol. The van der Waals surface area contributed by atoms with Gasteiger partial charge in [0.25, 0.3) is 11.8 Å². The number of anilines is 1. The fourth-order valence-electron chi connectivity index (χ4n) is 3.02. The van der Waals surface area contributed by atoms with Crippen LogP contribution in [0.3, 0.4) is 0 Å². The van der Waals surface area contributed by atoms with Crippen LogP contribution in [0.25, 0.3) is 17.4 Å². The first-order chi connectivity index (χ1) is 14.8. The molecule has 2 N–H and O–H groups in total. The van der Waals surface area contributed by atoms with Crippen LogP contribution in [-0.4, -0.2) is 28.0 Å². The van der Waals surface area contributed by atoms with Crippen molar-refractivity contribution >= 4 is 58.5 Å². The summed E-state index contributed by atoms with van der Waals surface area (Å²) in [5.41, 5.74) is 0.954. The monoisotopic (exact) mass is 452 g/mol. The van der Waals surface area contributed by atoms with E-state index < -0.39 is 17.8 Å². The van der Waals surface area contributed by atoms with E-state index >= 15 is 0 Å². The molecule has 0 spiro atoms. The number of thiocarbonyl (C=S) groups is 1. The highest BCUT2D eigenvalue weighted by molar-refractivity contribution is 7.80. The molecule has 0 radical (unpaired) electrons. The molecule has 31 heavy (non-hydrogen) atoms. The van der Waals surface area contributed by atoms with Gasteiger partial charge >= 0.3 is 5.97 Å². The van der Waals surface area contributed by atoms with E-state index in [2.05, 4.69) is 5.32 Å². The molecule has 0 unspecified atom stereocenters. The number of rotatable bonds is 4. The quantitative estimate of drug-likeness (QED) is 0.351. The molecule has 2 aromatic carbocycles. The van der Waals surface area contributed by atoms with E-state index in [1.165, 1.54) is 23.1 Å². The number of halogens is 1. The van der Waals surface area contributed by atoms with Crippen molar-refractivity contribution in [2.45, 2.75) is 0 Å². The lowest BCUT2D eigenvalue weighted by molar-refractivity contribution is -0.122. The molecule has 154 valence electrons. The van der Waals surface area contributed by atoms with Gasteiger partial charge in [-0.2, -0.15) is 0 Å². The molecule has 3 aromatic rings. The number of aromatic carboxylic acids is 1. The Labute approximate surface area is 186 Å². The Morgan fingerprint density at radius 3 is 2.55 bits per heavy atom. The van der Waals surface area contributed by atoms with Crippen LogP contribution >= 0.6 is 23.8 Å². The molecule has 7 nitrogen and oxygen atoms in total. The third-order valence-electron chi connectivity index (χ3n) is 4.49. The number of nitrogens with one attached hydrogen (secondary N) is 1. The number of hydrogen-bond acceptors (Lipinski definition) is 5. The molecule has 1 aliphatic heterocycles. The standard InChI is InChI=1S/C22H13ClN2O5S/c23-14-4-6-15(7-5-14)25-20(27)17(19(26)24-22(25)31)11-16-8-9-18(30-16)12-2-1-3-13(10-12)21(28)29/h1-11H,(H,28,29)(H,24,26,31)/b17-11-. The van der Waals surface area contributed by atoms with Gasteiger partial charge in [-0.15, -0.1) is 0 Å². The van der Waals surface area contributed by atoms with Crippen molar-refractivity contribution in [1.29, 1.82) is 0 Å². The van der Waals surface area contributed by atoms with Gasteiger partial charge in [0, 0.05) is 10.6 Å². The van der Waals surface area contributed by atoms with Crippen molar-refractivity contribution < 1.29 is 23.9 Å². The van der Waals surface area contributed by atoms with Crippen molar-refractivity contribution in [3.05, 3.63) is 82.6 Å². The second-order valence-corrected chi connectivity index (χ2v) is 7.35. The average Bonchev–Trinajstić information content (AvgIpc) is 3.21. The van der Waals surface area contributed by atoms with Gasteiger partial charge in [-0.3, -0.25) is 19.8 Å². The first-order valence-electron chi connectivity index (χ1n) is 8.94. The fraction of sp³-hybridized carbons (Fsp3) is 0. The van der Waals surface area contributed by atoms with Crippen LogP contribution in [0.4, 0.5) is 5.69 Å². The summed E-state index contributed by atoms with van der Waals surface area (Å²) in [6, 6.07) is 15.9. The number of carboxylic acid groups (broad SMARTS) is 1. The maximum absolute atomic E-state index is 13.0. The van der Waals surface area contributed by atoms with E-state index in [1.54, 1.807) is 48.5 Å². The second-order valence-electron chi connectivity index (χ2n) is 6.52. The van der Waals surface area contributed by atoms with Gasteiger partial charge < -0.3 is 9.52 Å². The molecule has 1 fully saturated rings. The number of carboxylic acids is 1. The van der Waals surface area contributed by atoms with Crippen molar-refractivity contribution in [2.24, 2.45) is 0 Å². The molecule has 0 saturated carbocycles. The number of benzene rings is 2. The number of nitrogens with zero attached hydrogens (tertiary/aromatic N) is 1. The first-order valence-corrected chi connectivity index (χ1v) is 9.73. The fourth-order valence-corrected chi connectivity index (χ4v) is 3.42. The Kier molecular flexibility index (Phi) is 5.41. The van der Waals surface area contributed by atoms with Gasteiger partial charge in [-0.25, -0.2) is 4.79 Å². The molecular weight excluding hydrogens is 440 g/mol. The molecule has 4 rings (SSSR count). The molecule has 0 bridgehead atoms. The topological polar surface area (TPSA) is 99.9 Å². The molecule has 0 atom stereocenters. The summed E-state index contributed by atoms with van der Waals surface area (Å²) >= 11 is 11.1. The second kappa shape index (κ2) is 8.17. The van der Waals surface area contributed by atoms with Crippen LogP contribution in [0.1, 0.15) is 16.1 Å². The third kappa shape index (κ3) is 4.11. The summed E-state index contributed by atoms with van der Waals surface area (Å²) in [5.74, 6) is -1.67. The van der Waals surface area contributed by atoms with E-state index in [1.807, 2.05) is 0 Å². The first kappa shape index (κ1) is 20.5. The van der Waals surface area contributed by atoms with Gasteiger partial charge in [-0.05, 0) is 66.8 Å². The highest BCUT2D eigenvalue weighted by atomic mass is 35.5. The van der Waals surface area contributed by atoms with Crippen LogP contribution in [0.5, 0.6) is 0 Å². The largest absolute Gasteiger partial charge is 0.478 e. The summed E-state index contributed by atoms with van der Waals surface area (Å²) in [4.78, 5) is 37.8. The molecule has 1 aliphatic rings.